The molecule has 2 N–H and O–H groups in total. The summed E-state index contributed by atoms with van der Waals surface area (Å²) in [5, 5.41) is 7.10. The van der Waals surface area contributed by atoms with E-state index in [0.717, 1.165) is 18.5 Å². The van der Waals surface area contributed by atoms with Crippen molar-refractivity contribution < 1.29 is 0 Å². The first-order chi connectivity index (χ1) is 6.18. The van der Waals surface area contributed by atoms with E-state index in [1.807, 2.05) is 0 Å². The van der Waals surface area contributed by atoms with Crippen molar-refractivity contribution in [2.24, 2.45) is 5.92 Å². The molecule has 2 heteroatoms. The Bertz CT molecular complexity index is 128. The Morgan fingerprint density at radius 3 is 2.69 bits per heavy atom. The van der Waals surface area contributed by atoms with E-state index >= 15 is 0 Å². The van der Waals surface area contributed by atoms with Crippen LogP contribution < -0.4 is 10.6 Å². The van der Waals surface area contributed by atoms with Crippen LogP contribution >= 0.6 is 0 Å². The van der Waals surface area contributed by atoms with Gasteiger partial charge in [-0.2, -0.15) is 0 Å². The second-order valence-corrected chi connectivity index (χ2v) is 4.73. The minimum atomic E-state index is 0.669. The summed E-state index contributed by atoms with van der Waals surface area (Å²) in [4.78, 5) is 0. The van der Waals surface area contributed by atoms with Crippen molar-refractivity contribution in [3.8, 4) is 0 Å². The molecular weight excluding hydrogens is 160 g/mol. The minimum absolute atomic E-state index is 0.669. The first kappa shape index (κ1) is 11.0. The second-order valence-electron chi connectivity index (χ2n) is 4.73. The highest BCUT2D eigenvalue weighted by Crippen LogP contribution is 2.06. The molecule has 1 rings (SSSR count). The molecule has 2 atom stereocenters. The largest absolute Gasteiger partial charge is 0.313 e. The number of rotatable bonds is 5. The van der Waals surface area contributed by atoms with Gasteiger partial charge in [0.2, 0.25) is 0 Å². The molecule has 0 aliphatic carbocycles. The maximum atomic E-state index is 3.59. The number of hydrogen-bond acceptors (Lipinski definition) is 2. The molecule has 78 valence electrons. The quantitative estimate of drug-likeness (QED) is 0.680. The topological polar surface area (TPSA) is 24.1 Å². The van der Waals surface area contributed by atoms with Gasteiger partial charge in [0, 0.05) is 18.6 Å². The molecular formula is C11H24N2. The SMILES string of the molecule is CC(C)CC(C)NCC1CCCN1. The van der Waals surface area contributed by atoms with Gasteiger partial charge in [0.1, 0.15) is 0 Å². The van der Waals surface area contributed by atoms with E-state index in [4.69, 9.17) is 0 Å². The summed E-state index contributed by atoms with van der Waals surface area (Å²) >= 11 is 0. The Kier molecular flexibility index (Phi) is 4.74. The summed E-state index contributed by atoms with van der Waals surface area (Å²) in [5.41, 5.74) is 0. The fraction of sp³-hybridized carbons (Fsp3) is 1.00. The van der Waals surface area contributed by atoms with Gasteiger partial charge in [0.25, 0.3) is 0 Å². The average Bonchev–Trinajstić information content (AvgIpc) is 2.51. The molecule has 1 heterocycles. The van der Waals surface area contributed by atoms with Crippen LogP contribution in [0.2, 0.25) is 0 Å². The predicted octanol–water partition coefficient (Wildman–Crippen LogP) is 1.76. The van der Waals surface area contributed by atoms with Gasteiger partial charge in [-0.1, -0.05) is 13.8 Å². The Labute approximate surface area is 82.5 Å². The standard InChI is InChI=1S/C11H24N2/c1-9(2)7-10(3)13-8-11-5-4-6-12-11/h9-13H,4-8H2,1-3H3. The first-order valence-corrected chi connectivity index (χ1v) is 5.65. The molecule has 1 aliphatic heterocycles. The lowest BCUT2D eigenvalue weighted by Gasteiger charge is -2.18. The van der Waals surface area contributed by atoms with E-state index in [0.29, 0.717) is 6.04 Å². The third kappa shape index (κ3) is 4.63. The van der Waals surface area contributed by atoms with Gasteiger partial charge in [-0.3, -0.25) is 0 Å². The molecule has 0 bridgehead atoms. The molecule has 0 spiro atoms. The van der Waals surface area contributed by atoms with E-state index < -0.39 is 0 Å². The molecule has 13 heavy (non-hydrogen) atoms. The van der Waals surface area contributed by atoms with Crippen molar-refractivity contribution >= 4 is 0 Å². The van der Waals surface area contributed by atoms with Crippen LogP contribution in [0, 0.1) is 5.92 Å². The summed E-state index contributed by atoms with van der Waals surface area (Å²) in [6.45, 7) is 9.21. The van der Waals surface area contributed by atoms with E-state index in [1.165, 1.54) is 25.8 Å². The fourth-order valence-electron chi connectivity index (χ4n) is 2.06. The van der Waals surface area contributed by atoms with Crippen molar-refractivity contribution in [3.63, 3.8) is 0 Å². The van der Waals surface area contributed by atoms with Crippen LogP contribution in [-0.2, 0) is 0 Å². The van der Waals surface area contributed by atoms with Crippen LogP contribution in [0.4, 0.5) is 0 Å². The molecule has 0 aromatic carbocycles. The van der Waals surface area contributed by atoms with Crippen LogP contribution in [0.1, 0.15) is 40.0 Å². The third-order valence-corrected chi connectivity index (χ3v) is 2.70. The van der Waals surface area contributed by atoms with Gasteiger partial charge in [-0.15, -0.1) is 0 Å². The molecule has 0 radical (unpaired) electrons. The van der Waals surface area contributed by atoms with Crippen molar-refractivity contribution in [2.75, 3.05) is 13.1 Å². The van der Waals surface area contributed by atoms with E-state index in [9.17, 15) is 0 Å². The minimum Gasteiger partial charge on any atom is -0.313 e. The van der Waals surface area contributed by atoms with Gasteiger partial charge in [0.05, 0.1) is 0 Å². The van der Waals surface area contributed by atoms with Crippen LogP contribution in [0.5, 0.6) is 0 Å². The van der Waals surface area contributed by atoms with E-state index in [2.05, 4.69) is 31.4 Å². The van der Waals surface area contributed by atoms with Crippen molar-refractivity contribution in [1.82, 2.24) is 10.6 Å². The molecule has 1 saturated heterocycles. The second kappa shape index (κ2) is 5.61. The van der Waals surface area contributed by atoms with Crippen LogP contribution in [0.25, 0.3) is 0 Å². The zero-order valence-corrected chi connectivity index (χ0v) is 9.27. The maximum absolute atomic E-state index is 3.59. The van der Waals surface area contributed by atoms with Crippen LogP contribution in [-0.4, -0.2) is 25.2 Å². The Morgan fingerprint density at radius 1 is 1.38 bits per heavy atom. The van der Waals surface area contributed by atoms with E-state index in [-0.39, 0.29) is 0 Å². The molecule has 0 amide bonds. The van der Waals surface area contributed by atoms with Gasteiger partial charge in [-0.25, -0.2) is 0 Å². The van der Waals surface area contributed by atoms with Crippen molar-refractivity contribution in [1.29, 1.82) is 0 Å². The number of nitrogens with one attached hydrogen (secondary N) is 2. The fourth-order valence-corrected chi connectivity index (χ4v) is 2.06. The molecule has 1 fully saturated rings. The lowest BCUT2D eigenvalue weighted by atomic mass is 10.1. The molecule has 2 unspecified atom stereocenters. The Balaban J connectivity index is 2.03. The van der Waals surface area contributed by atoms with Gasteiger partial charge in [-0.05, 0) is 38.6 Å². The highest BCUT2D eigenvalue weighted by atomic mass is 15.0. The highest BCUT2D eigenvalue weighted by molar-refractivity contribution is 4.77. The van der Waals surface area contributed by atoms with Gasteiger partial charge >= 0.3 is 0 Å². The summed E-state index contributed by atoms with van der Waals surface area (Å²) in [6.07, 6.45) is 3.99. The monoisotopic (exact) mass is 184 g/mol. The average molecular weight is 184 g/mol. The maximum Gasteiger partial charge on any atom is 0.0193 e. The predicted molar refractivity (Wildman–Crippen MR) is 57.9 cm³/mol. The lowest BCUT2D eigenvalue weighted by Crippen LogP contribution is -2.38. The first-order valence-electron chi connectivity index (χ1n) is 5.65. The summed E-state index contributed by atoms with van der Waals surface area (Å²) in [6, 6.07) is 1.40. The molecule has 0 aromatic rings. The smallest absolute Gasteiger partial charge is 0.0193 e. The highest BCUT2D eigenvalue weighted by Gasteiger charge is 2.14. The van der Waals surface area contributed by atoms with Gasteiger partial charge in [0.15, 0.2) is 0 Å². The van der Waals surface area contributed by atoms with Crippen LogP contribution in [0.3, 0.4) is 0 Å². The normalized spacial score (nSPS) is 25.4. The number of hydrogen-bond donors (Lipinski definition) is 2. The van der Waals surface area contributed by atoms with E-state index in [1.54, 1.807) is 0 Å². The third-order valence-electron chi connectivity index (χ3n) is 2.70. The summed E-state index contributed by atoms with van der Waals surface area (Å²) < 4.78 is 0. The lowest BCUT2D eigenvalue weighted by molar-refractivity contribution is 0.417. The zero-order chi connectivity index (χ0) is 9.68. The van der Waals surface area contributed by atoms with Crippen LogP contribution in [0.15, 0.2) is 0 Å². The molecule has 0 saturated carbocycles. The molecule has 1 aliphatic rings. The van der Waals surface area contributed by atoms with Crippen molar-refractivity contribution in [3.05, 3.63) is 0 Å². The summed E-state index contributed by atoms with van der Waals surface area (Å²) in [7, 11) is 0. The summed E-state index contributed by atoms with van der Waals surface area (Å²) in [5.74, 6) is 0.805. The Hall–Kier alpha value is -0.0800. The van der Waals surface area contributed by atoms with Crippen molar-refractivity contribution in [2.45, 2.75) is 52.1 Å². The van der Waals surface area contributed by atoms with Gasteiger partial charge < -0.3 is 10.6 Å². The molecule has 0 aromatic heterocycles. The zero-order valence-electron chi connectivity index (χ0n) is 9.27. The molecule has 2 nitrogen and oxygen atoms in total. The Morgan fingerprint density at radius 2 is 2.15 bits per heavy atom.